The summed E-state index contributed by atoms with van der Waals surface area (Å²) in [5.41, 5.74) is 2.76. The maximum absolute atomic E-state index is 13.9. The molecule has 0 unspecified atom stereocenters. The first kappa shape index (κ1) is 27.0. The van der Waals surface area contributed by atoms with Crippen LogP contribution >= 0.6 is 11.8 Å². The van der Waals surface area contributed by atoms with Crippen molar-refractivity contribution >= 4 is 27.8 Å². The van der Waals surface area contributed by atoms with E-state index in [1.165, 1.54) is 11.4 Å². The molecule has 37 heavy (non-hydrogen) atoms. The van der Waals surface area contributed by atoms with Crippen LogP contribution in [0.5, 0.6) is 11.5 Å². The van der Waals surface area contributed by atoms with Crippen LogP contribution in [-0.4, -0.2) is 49.8 Å². The van der Waals surface area contributed by atoms with E-state index in [1.807, 2.05) is 43.3 Å². The van der Waals surface area contributed by atoms with Gasteiger partial charge in [-0.05, 0) is 48.7 Å². The zero-order valence-corrected chi connectivity index (χ0v) is 22.7. The standard InChI is InChI=1S/C28H31NO6S2/c1-19-9-12-22(13-10-19)37(32,33)29-17-23(28(30)31)27(36-18-20-7-5-4-6-8-20)16-24(29)21-11-14-25(34-2)26(15-21)35-3/h4-15,23-24,27H,16-18H2,1-3H3,(H,30,31)/t23-,24+,27-/m1/s1. The Labute approximate surface area is 222 Å². The summed E-state index contributed by atoms with van der Waals surface area (Å²) in [6.45, 7) is 1.76. The molecule has 0 spiro atoms. The predicted molar refractivity (Wildman–Crippen MR) is 145 cm³/mol. The number of hydrogen-bond donors (Lipinski definition) is 1. The van der Waals surface area contributed by atoms with Gasteiger partial charge in [0.05, 0.1) is 31.1 Å². The molecule has 3 aromatic rings. The molecular formula is C28H31NO6S2. The molecule has 1 heterocycles. The Kier molecular flexibility index (Phi) is 8.46. The molecule has 3 aromatic carbocycles. The van der Waals surface area contributed by atoms with Crippen molar-refractivity contribution in [3.05, 3.63) is 89.5 Å². The van der Waals surface area contributed by atoms with E-state index in [0.29, 0.717) is 23.7 Å². The number of piperidine rings is 1. The van der Waals surface area contributed by atoms with E-state index in [1.54, 1.807) is 55.3 Å². The summed E-state index contributed by atoms with van der Waals surface area (Å²) in [6.07, 6.45) is 0.342. The lowest BCUT2D eigenvalue weighted by molar-refractivity contribution is -0.143. The number of carboxylic acid groups (broad SMARTS) is 1. The number of rotatable bonds is 9. The summed E-state index contributed by atoms with van der Waals surface area (Å²) in [4.78, 5) is 12.5. The average Bonchev–Trinajstić information content (AvgIpc) is 2.91. The minimum atomic E-state index is -3.98. The number of hydrogen-bond acceptors (Lipinski definition) is 6. The van der Waals surface area contributed by atoms with Gasteiger partial charge < -0.3 is 14.6 Å². The first-order valence-corrected chi connectivity index (χ1v) is 14.4. The number of benzene rings is 3. The Bertz CT molecular complexity index is 1330. The number of sulfonamides is 1. The van der Waals surface area contributed by atoms with Gasteiger partial charge in [-0.3, -0.25) is 4.79 Å². The monoisotopic (exact) mass is 541 g/mol. The van der Waals surface area contributed by atoms with E-state index >= 15 is 0 Å². The second-order valence-corrected chi connectivity index (χ2v) is 12.2. The van der Waals surface area contributed by atoms with Gasteiger partial charge in [-0.2, -0.15) is 16.1 Å². The minimum absolute atomic E-state index is 0.128. The molecule has 1 saturated heterocycles. The number of carbonyl (C=O) groups is 1. The second-order valence-electron chi connectivity index (χ2n) is 9.03. The van der Waals surface area contributed by atoms with Crippen molar-refractivity contribution in [2.45, 2.75) is 35.3 Å². The highest BCUT2D eigenvalue weighted by Crippen LogP contribution is 2.44. The quantitative estimate of drug-likeness (QED) is 0.400. The Morgan fingerprint density at radius 1 is 1.00 bits per heavy atom. The molecule has 1 N–H and O–H groups in total. The van der Waals surface area contributed by atoms with Crippen LogP contribution in [0.2, 0.25) is 0 Å². The van der Waals surface area contributed by atoms with Crippen LogP contribution < -0.4 is 9.47 Å². The molecule has 7 nitrogen and oxygen atoms in total. The zero-order chi connectivity index (χ0) is 26.6. The highest BCUT2D eigenvalue weighted by atomic mass is 32.2. The smallest absolute Gasteiger partial charge is 0.308 e. The fourth-order valence-electron chi connectivity index (χ4n) is 4.61. The van der Waals surface area contributed by atoms with E-state index in [9.17, 15) is 18.3 Å². The second kappa shape index (κ2) is 11.6. The van der Waals surface area contributed by atoms with Crippen molar-refractivity contribution in [1.82, 2.24) is 4.31 Å². The first-order valence-electron chi connectivity index (χ1n) is 11.9. The van der Waals surface area contributed by atoms with Gasteiger partial charge in [0.1, 0.15) is 0 Å². The molecular weight excluding hydrogens is 510 g/mol. The highest BCUT2D eigenvalue weighted by molar-refractivity contribution is 7.99. The van der Waals surface area contributed by atoms with E-state index in [-0.39, 0.29) is 16.7 Å². The minimum Gasteiger partial charge on any atom is -0.493 e. The van der Waals surface area contributed by atoms with Crippen molar-refractivity contribution in [2.75, 3.05) is 20.8 Å². The molecule has 1 fully saturated rings. The van der Waals surface area contributed by atoms with Crippen LogP contribution in [0, 0.1) is 12.8 Å². The van der Waals surface area contributed by atoms with Gasteiger partial charge in [-0.15, -0.1) is 0 Å². The van der Waals surface area contributed by atoms with Crippen molar-refractivity contribution in [2.24, 2.45) is 5.92 Å². The van der Waals surface area contributed by atoms with E-state index < -0.39 is 28.0 Å². The summed E-state index contributed by atoms with van der Waals surface area (Å²) in [5.74, 6) is -0.195. The van der Waals surface area contributed by atoms with Crippen LogP contribution in [0.4, 0.5) is 0 Å². The zero-order valence-electron chi connectivity index (χ0n) is 21.0. The third kappa shape index (κ3) is 5.95. The molecule has 3 atom stereocenters. The van der Waals surface area contributed by atoms with Crippen molar-refractivity contribution in [3.8, 4) is 11.5 Å². The number of aryl methyl sites for hydroxylation is 1. The van der Waals surface area contributed by atoms with Gasteiger partial charge in [-0.25, -0.2) is 8.42 Å². The Morgan fingerprint density at radius 2 is 1.68 bits per heavy atom. The number of aliphatic carboxylic acids is 1. The number of thioether (sulfide) groups is 1. The lowest BCUT2D eigenvalue weighted by Crippen LogP contribution is -2.49. The normalized spacial score (nSPS) is 20.4. The fraction of sp³-hybridized carbons (Fsp3) is 0.321. The molecule has 0 aliphatic carbocycles. The largest absolute Gasteiger partial charge is 0.493 e. The van der Waals surface area contributed by atoms with Gasteiger partial charge in [0.15, 0.2) is 11.5 Å². The van der Waals surface area contributed by atoms with Crippen LogP contribution in [-0.2, 0) is 20.6 Å². The van der Waals surface area contributed by atoms with E-state index in [4.69, 9.17) is 9.47 Å². The molecule has 4 rings (SSSR count). The summed E-state index contributed by atoms with van der Waals surface area (Å²) in [7, 11) is -0.908. The van der Waals surface area contributed by atoms with Crippen molar-refractivity contribution in [1.29, 1.82) is 0 Å². The Morgan fingerprint density at radius 3 is 2.30 bits per heavy atom. The van der Waals surface area contributed by atoms with Crippen LogP contribution in [0.1, 0.15) is 29.2 Å². The molecule has 196 valence electrons. The lowest BCUT2D eigenvalue weighted by atomic mass is 9.90. The average molecular weight is 542 g/mol. The summed E-state index contributed by atoms with van der Waals surface area (Å²) in [6, 6.07) is 21.3. The number of carboxylic acids is 1. The third-order valence-corrected chi connectivity index (χ3v) is 10.0. The van der Waals surface area contributed by atoms with Gasteiger partial charge in [-0.1, -0.05) is 54.1 Å². The number of nitrogens with zero attached hydrogens (tertiary/aromatic N) is 1. The third-order valence-electron chi connectivity index (χ3n) is 6.67. The summed E-state index contributed by atoms with van der Waals surface area (Å²) < 4.78 is 40.0. The van der Waals surface area contributed by atoms with Gasteiger partial charge in [0.25, 0.3) is 0 Å². The van der Waals surface area contributed by atoms with Crippen LogP contribution in [0.3, 0.4) is 0 Å². The van der Waals surface area contributed by atoms with Gasteiger partial charge >= 0.3 is 5.97 Å². The van der Waals surface area contributed by atoms with Crippen LogP contribution in [0.15, 0.2) is 77.7 Å². The lowest BCUT2D eigenvalue weighted by Gasteiger charge is -2.42. The molecule has 9 heteroatoms. The molecule has 0 radical (unpaired) electrons. The maximum Gasteiger partial charge on any atom is 0.308 e. The molecule has 1 aliphatic rings. The van der Waals surface area contributed by atoms with E-state index in [0.717, 1.165) is 16.7 Å². The highest BCUT2D eigenvalue weighted by Gasteiger charge is 2.45. The molecule has 0 bridgehead atoms. The van der Waals surface area contributed by atoms with Gasteiger partial charge in [0.2, 0.25) is 10.0 Å². The number of methoxy groups -OCH3 is 2. The summed E-state index contributed by atoms with van der Waals surface area (Å²) >= 11 is 1.56. The maximum atomic E-state index is 13.9. The first-order chi connectivity index (χ1) is 17.7. The van der Waals surface area contributed by atoms with Crippen molar-refractivity contribution in [3.63, 3.8) is 0 Å². The predicted octanol–water partition coefficient (Wildman–Crippen LogP) is 5.15. The fourth-order valence-corrected chi connectivity index (χ4v) is 7.62. The van der Waals surface area contributed by atoms with Crippen molar-refractivity contribution < 1.29 is 27.8 Å². The SMILES string of the molecule is COc1ccc([C@@H]2C[C@@H](SCc3ccccc3)[C@H](C(=O)O)CN2S(=O)(=O)c2ccc(C)cc2)cc1OC. The molecule has 0 aromatic heterocycles. The molecule has 0 saturated carbocycles. The van der Waals surface area contributed by atoms with Gasteiger partial charge in [0, 0.05) is 17.5 Å². The van der Waals surface area contributed by atoms with Crippen LogP contribution in [0.25, 0.3) is 0 Å². The molecule has 0 amide bonds. The summed E-state index contributed by atoms with van der Waals surface area (Å²) in [5, 5.41) is 9.84. The molecule has 1 aliphatic heterocycles. The Hall–Kier alpha value is -3.01. The number of ether oxygens (including phenoxy) is 2. The Balaban J connectivity index is 1.75. The topological polar surface area (TPSA) is 93.1 Å². The van der Waals surface area contributed by atoms with E-state index in [2.05, 4.69) is 0 Å².